The first kappa shape index (κ1) is 6.58. The molecule has 0 bridgehead atoms. The normalized spacial score (nSPS) is 36.3. The molecule has 3 nitrogen and oxygen atoms in total. The monoisotopic (exact) mass is 142 g/mol. The lowest BCUT2D eigenvalue weighted by Gasteiger charge is -2.40. The van der Waals surface area contributed by atoms with E-state index >= 15 is 0 Å². The van der Waals surface area contributed by atoms with Crippen molar-refractivity contribution < 1.29 is 5.11 Å². The number of rotatable bonds is 1. The zero-order chi connectivity index (χ0) is 6.97. The van der Waals surface area contributed by atoms with Gasteiger partial charge in [0.05, 0.1) is 6.10 Å². The van der Waals surface area contributed by atoms with Crippen molar-refractivity contribution in [2.45, 2.75) is 18.6 Å². The molecule has 0 spiro atoms. The van der Waals surface area contributed by atoms with Gasteiger partial charge in [-0.3, -0.25) is 4.90 Å². The van der Waals surface area contributed by atoms with E-state index in [2.05, 4.69) is 10.2 Å². The molecule has 1 atom stereocenters. The number of likely N-dealkylation sites (tertiary alicyclic amines) is 1. The lowest BCUT2D eigenvalue weighted by molar-refractivity contribution is -0.0198. The van der Waals surface area contributed by atoms with E-state index in [9.17, 15) is 0 Å². The van der Waals surface area contributed by atoms with E-state index in [-0.39, 0.29) is 6.10 Å². The minimum Gasteiger partial charge on any atom is -0.390 e. The Bertz CT molecular complexity index is 117. The summed E-state index contributed by atoms with van der Waals surface area (Å²) in [5.74, 6) is 0. The van der Waals surface area contributed by atoms with Crippen LogP contribution in [0.4, 0.5) is 0 Å². The van der Waals surface area contributed by atoms with Crippen LogP contribution in [0.3, 0.4) is 0 Å². The van der Waals surface area contributed by atoms with Gasteiger partial charge >= 0.3 is 0 Å². The number of aliphatic hydroxyl groups excluding tert-OH is 1. The summed E-state index contributed by atoms with van der Waals surface area (Å²) in [6, 6.07) is 0.711. The van der Waals surface area contributed by atoms with E-state index in [1.807, 2.05) is 0 Å². The summed E-state index contributed by atoms with van der Waals surface area (Å²) in [5, 5.41) is 12.3. The van der Waals surface area contributed by atoms with E-state index in [1.54, 1.807) is 0 Å². The molecule has 10 heavy (non-hydrogen) atoms. The van der Waals surface area contributed by atoms with Crippen molar-refractivity contribution in [2.75, 3.05) is 26.2 Å². The molecule has 2 saturated heterocycles. The number of hydrogen-bond acceptors (Lipinski definition) is 3. The number of nitrogens with zero attached hydrogens (tertiary/aromatic N) is 1. The largest absolute Gasteiger partial charge is 0.390 e. The molecule has 0 radical (unpaired) electrons. The molecule has 2 aliphatic heterocycles. The molecule has 0 unspecified atom stereocenters. The molecule has 0 aliphatic carbocycles. The van der Waals surface area contributed by atoms with E-state index < -0.39 is 0 Å². The molecule has 2 aliphatic rings. The second-order valence-corrected chi connectivity index (χ2v) is 3.25. The molecule has 2 rings (SSSR count). The van der Waals surface area contributed by atoms with Gasteiger partial charge in [0.1, 0.15) is 0 Å². The fourth-order valence-corrected chi connectivity index (χ4v) is 1.74. The molecule has 0 amide bonds. The predicted octanol–water partition coefficient (Wildman–Crippen LogP) is -0.975. The maximum Gasteiger partial charge on any atom is 0.0794 e. The third-order valence-corrected chi connectivity index (χ3v) is 2.44. The molecule has 0 aromatic rings. The zero-order valence-corrected chi connectivity index (χ0v) is 6.08. The summed E-state index contributed by atoms with van der Waals surface area (Å²) in [6.07, 6.45) is 1.22. The highest BCUT2D eigenvalue weighted by atomic mass is 16.3. The van der Waals surface area contributed by atoms with Gasteiger partial charge in [-0.25, -0.2) is 0 Å². The minimum absolute atomic E-state index is 0.0411. The molecule has 0 aromatic heterocycles. The maximum atomic E-state index is 9.02. The highest BCUT2D eigenvalue weighted by Gasteiger charge is 2.31. The zero-order valence-electron chi connectivity index (χ0n) is 6.08. The van der Waals surface area contributed by atoms with Crippen molar-refractivity contribution in [3.63, 3.8) is 0 Å². The summed E-state index contributed by atoms with van der Waals surface area (Å²) < 4.78 is 0. The first-order chi connectivity index (χ1) is 4.86. The summed E-state index contributed by atoms with van der Waals surface area (Å²) in [5.41, 5.74) is 0. The van der Waals surface area contributed by atoms with Crippen LogP contribution in [-0.2, 0) is 0 Å². The van der Waals surface area contributed by atoms with Crippen molar-refractivity contribution in [2.24, 2.45) is 0 Å². The average molecular weight is 142 g/mol. The first-order valence-electron chi connectivity index (χ1n) is 3.99. The minimum atomic E-state index is -0.0411. The molecular formula is C7H14N2O. The quantitative estimate of drug-likeness (QED) is 0.494. The second-order valence-electron chi connectivity index (χ2n) is 3.25. The van der Waals surface area contributed by atoms with E-state index in [4.69, 9.17) is 5.11 Å². The summed E-state index contributed by atoms with van der Waals surface area (Å²) in [7, 11) is 0. The Hall–Kier alpha value is -0.120. The van der Waals surface area contributed by atoms with Gasteiger partial charge in [0, 0.05) is 25.7 Å². The Morgan fingerprint density at radius 3 is 2.70 bits per heavy atom. The Morgan fingerprint density at radius 1 is 1.40 bits per heavy atom. The van der Waals surface area contributed by atoms with Crippen LogP contribution >= 0.6 is 0 Å². The Labute approximate surface area is 61.0 Å². The first-order valence-corrected chi connectivity index (χ1v) is 3.99. The molecular weight excluding hydrogens is 128 g/mol. The van der Waals surface area contributed by atoms with Crippen molar-refractivity contribution >= 4 is 0 Å². The Morgan fingerprint density at radius 2 is 2.20 bits per heavy atom. The Kier molecular flexibility index (Phi) is 1.64. The Balaban J connectivity index is 1.78. The molecule has 2 N–H and O–H groups in total. The molecule has 3 heteroatoms. The number of hydrogen-bond donors (Lipinski definition) is 2. The van der Waals surface area contributed by atoms with Gasteiger partial charge in [-0.05, 0) is 13.0 Å². The molecule has 2 heterocycles. The van der Waals surface area contributed by atoms with Crippen LogP contribution in [0.15, 0.2) is 0 Å². The van der Waals surface area contributed by atoms with Crippen LogP contribution in [0.5, 0.6) is 0 Å². The highest BCUT2D eigenvalue weighted by molar-refractivity contribution is 4.89. The topological polar surface area (TPSA) is 35.5 Å². The van der Waals surface area contributed by atoms with Crippen molar-refractivity contribution in [3.05, 3.63) is 0 Å². The molecule has 58 valence electrons. The highest BCUT2D eigenvalue weighted by Crippen LogP contribution is 2.16. The van der Waals surface area contributed by atoms with Crippen LogP contribution in [0.2, 0.25) is 0 Å². The van der Waals surface area contributed by atoms with E-state index in [0.717, 1.165) is 26.2 Å². The predicted molar refractivity (Wildman–Crippen MR) is 38.9 cm³/mol. The van der Waals surface area contributed by atoms with Gasteiger partial charge in [0.2, 0.25) is 0 Å². The van der Waals surface area contributed by atoms with Gasteiger partial charge in [0.25, 0.3) is 0 Å². The van der Waals surface area contributed by atoms with Crippen molar-refractivity contribution in [1.29, 1.82) is 0 Å². The van der Waals surface area contributed by atoms with E-state index in [0.29, 0.717) is 6.04 Å². The standard InChI is InChI=1S/C7H14N2O/c10-7-4-9(5-7)6-1-2-8-3-6/h6-8,10H,1-5H2/t6-/m0/s1. The van der Waals surface area contributed by atoms with Crippen LogP contribution in [0, 0.1) is 0 Å². The van der Waals surface area contributed by atoms with Gasteiger partial charge in [-0.1, -0.05) is 0 Å². The van der Waals surface area contributed by atoms with Crippen molar-refractivity contribution in [3.8, 4) is 0 Å². The van der Waals surface area contributed by atoms with Crippen molar-refractivity contribution in [1.82, 2.24) is 10.2 Å². The summed E-state index contributed by atoms with van der Waals surface area (Å²) >= 11 is 0. The third-order valence-electron chi connectivity index (χ3n) is 2.44. The second kappa shape index (κ2) is 2.49. The maximum absolute atomic E-state index is 9.02. The van der Waals surface area contributed by atoms with Crippen LogP contribution in [0.25, 0.3) is 0 Å². The van der Waals surface area contributed by atoms with Gasteiger partial charge in [-0.2, -0.15) is 0 Å². The van der Waals surface area contributed by atoms with E-state index in [1.165, 1.54) is 6.42 Å². The average Bonchev–Trinajstić information content (AvgIpc) is 2.31. The van der Waals surface area contributed by atoms with Gasteiger partial charge in [-0.15, -0.1) is 0 Å². The smallest absolute Gasteiger partial charge is 0.0794 e. The number of β-amino-alcohol motifs (C(OH)–C–C–N with tert-alkyl or cyclic N) is 1. The number of nitrogens with one attached hydrogen (secondary N) is 1. The van der Waals surface area contributed by atoms with Gasteiger partial charge < -0.3 is 10.4 Å². The third kappa shape index (κ3) is 1.05. The lowest BCUT2D eigenvalue weighted by atomic mass is 10.1. The van der Waals surface area contributed by atoms with Crippen LogP contribution < -0.4 is 5.32 Å². The van der Waals surface area contributed by atoms with Crippen LogP contribution in [0.1, 0.15) is 6.42 Å². The molecule has 0 aromatic carbocycles. The van der Waals surface area contributed by atoms with Gasteiger partial charge in [0.15, 0.2) is 0 Å². The number of aliphatic hydroxyl groups is 1. The summed E-state index contributed by atoms with van der Waals surface area (Å²) in [6.45, 7) is 4.06. The van der Waals surface area contributed by atoms with Crippen LogP contribution in [-0.4, -0.2) is 48.3 Å². The lowest BCUT2D eigenvalue weighted by Crippen LogP contribution is -2.55. The summed E-state index contributed by atoms with van der Waals surface area (Å²) in [4.78, 5) is 2.35. The molecule has 0 saturated carbocycles. The fourth-order valence-electron chi connectivity index (χ4n) is 1.74. The fraction of sp³-hybridized carbons (Fsp3) is 1.00. The molecule has 2 fully saturated rings. The SMILES string of the molecule is OC1CN([C@H]2CCNC2)C1.